The van der Waals surface area contributed by atoms with Crippen LogP contribution in [0.3, 0.4) is 0 Å². The van der Waals surface area contributed by atoms with E-state index in [1.807, 2.05) is 0 Å². The quantitative estimate of drug-likeness (QED) is 0.339. The van der Waals surface area contributed by atoms with Crippen LogP contribution in [0.1, 0.15) is 0 Å². The van der Waals surface area contributed by atoms with E-state index in [-0.39, 0.29) is 0 Å². The van der Waals surface area contributed by atoms with Crippen molar-refractivity contribution in [1.82, 2.24) is 4.34 Å². The van der Waals surface area contributed by atoms with Crippen molar-refractivity contribution >= 4 is 22.0 Å². The first-order chi connectivity index (χ1) is 3.48. The number of halogens is 4. The summed E-state index contributed by atoms with van der Waals surface area (Å²) in [5, 5.41) is 6.11. The minimum Gasteiger partial charge on any atom is -0.303 e. The summed E-state index contributed by atoms with van der Waals surface area (Å²) < 4.78 is 34.9. The van der Waals surface area contributed by atoms with E-state index in [9.17, 15) is 13.2 Å². The second-order valence-electron chi connectivity index (χ2n) is 0.967. The molecule has 2 nitrogen and oxygen atoms in total. The first-order valence-corrected chi connectivity index (χ1v) is 2.30. The van der Waals surface area contributed by atoms with Crippen LogP contribution in [-0.2, 0) is 0 Å². The van der Waals surface area contributed by atoms with Crippen LogP contribution in [-0.4, -0.2) is 12.0 Å². The molecule has 2 N–H and O–H groups in total. The maximum atomic E-state index is 11.1. The third kappa shape index (κ3) is 2.15. The van der Waals surface area contributed by atoms with Crippen molar-refractivity contribution in [1.29, 1.82) is 5.41 Å². The van der Waals surface area contributed by atoms with Gasteiger partial charge in [-0.25, -0.2) is 0 Å². The predicted octanol–water partition coefficient (Wildman–Crippen LogP) is 1.43. The third-order valence-corrected chi connectivity index (χ3v) is 0.774. The Morgan fingerprint density at radius 2 is 1.88 bits per heavy atom. The number of nitrogens with one attached hydrogen (secondary N) is 2. The zero-order valence-electron chi connectivity index (χ0n) is 3.51. The lowest BCUT2D eigenvalue weighted by molar-refractivity contribution is -0.0612. The van der Waals surface area contributed by atoms with Crippen LogP contribution in [0.5, 0.6) is 0 Å². The highest BCUT2D eigenvalue weighted by atomic mass is 79.9. The minimum atomic E-state index is -4.57. The fourth-order valence-electron chi connectivity index (χ4n) is 0.0536. The molecule has 0 saturated heterocycles. The minimum absolute atomic E-state index is 1.48. The molecule has 0 aromatic heterocycles. The van der Waals surface area contributed by atoms with Gasteiger partial charge in [-0.3, -0.25) is 5.41 Å². The molecule has 0 fully saturated rings. The average Bonchev–Trinajstić information content (AvgIpc) is 1.62. The molecular weight excluding hydrogens is 189 g/mol. The van der Waals surface area contributed by atoms with Crippen LogP contribution in [0.15, 0.2) is 0 Å². The molecular formula is C2H2BrF3N2. The van der Waals surface area contributed by atoms with Gasteiger partial charge in [0, 0.05) is 16.1 Å². The lowest BCUT2D eigenvalue weighted by Crippen LogP contribution is -2.29. The third-order valence-electron chi connectivity index (χ3n) is 0.378. The molecule has 0 aliphatic carbocycles. The summed E-state index contributed by atoms with van der Waals surface area (Å²) in [6, 6.07) is 0. The molecule has 0 unspecified atom stereocenters. The molecule has 0 saturated carbocycles. The van der Waals surface area contributed by atoms with Gasteiger partial charge in [0.25, 0.3) is 0 Å². The van der Waals surface area contributed by atoms with Gasteiger partial charge in [-0.2, -0.15) is 13.2 Å². The van der Waals surface area contributed by atoms with E-state index >= 15 is 0 Å². The normalized spacial score (nSPS) is 11.0. The summed E-state index contributed by atoms with van der Waals surface area (Å²) in [6.07, 6.45) is -4.57. The highest BCUT2D eigenvalue weighted by molar-refractivity contribution is 9.08. The lowest BCUT2D eigenvalue weighted by Gasteiger charge is -2.03. The molecule has 0 aromatic rings. The molecule has 0 spiro atoms. The smallest absolute Gasteiger partial charge is 0.303 e. The van der Waals surface area contributed by atoms with E-state index in [2.05, 4.69) is 16.1 Å². The van der Waals surface area contributed by atoms with Crippen molar-refractivity contribution in [2.75, 3.05) is 0 Å². The van der Waals surface area contributed by atoms with Gasteiger partial charge in [-0.05, 0) is 0 Å². The van der Waals surface area contributed by atoms with Gasteiger partial charge in [-0.15, -0.1) is 0 Å². The predicted molar refractivity (Wildman–Crippen MR) is 25.8 cm³/mol. The molecule has 0 heterocycles. The Bertz CT molecular complexity index is 97.9. The van der Waals surface area contributed by atoms with Gasteiger partial charge < -0.3 is 4.34 Å². The molecule has 0 aliphatic heterocycles. The molecule has 0 amide bonds. The first kappa shape index (κ1) is 7.74. The van der Waals surface area contributed by atoms with Crippen LogP contribution >= 0.6 is 16.1 Å². The largest absolute Gasteiger partial charge is 0.449 e. The van der Waals surface area contributed by atoms with E-state index in [4.69, 9.17) is 5.41 Å². The van der Waals surface area contributed by atoms with Crippen molar-refractivity contribution < 1.29 is 13.2 Å². The Hall–Kier alpha value is -0.260. The Morgan fingerprint density at radius 3 is 1.88 bits per heavy atom. The number of hydrogen-bond donors (Lipinski definition) is 2. The fraction of sp³-hybridized carbons (Fsp3) is 0.500. The molecule has 0 radical (unpaired) electrons. The zero-order valence-corrected chi connectivity index (χ0v) is 5.10. The van der Waals surface area contributed by atoms with Crippen molar-refractivity contribution in [2.24, 2.45) is 0 Å². The van der Waals surface area contributed by atoms with Gasteiger partial charge >= 0.3 is 6.18 Å². The van der Waals surface area contributed by atoms with Gasteiger partial charge in [-0.1, -0.05) is 0 Å². The molecule has 48 valence electrons. The molecule has 0 atom stereocenters. The Balaban J connectivity index is 3.82. The molecule has 6 heteroatoms. The fourth-order valence-corrected chi connectivity index (χ4v) is 0.278. The molecule has 0 bridgehead atoms. The van der Waals surface area contributed by atoms with E-state index in [1.165, 1.54) is 4.34 Å². The summed E-state index contributed by atoms with van der Waals surface area (Å²) in [5.41, 5.74) is 0. The summed E-state index contributed by atoms with van der Waals surface area (Å²) >= 11 is 2.26. The van der Waals surface area contributed by atoms with Crippen molar-refractivity contribution in [3.05, 3.63) is 0 Å². The monoisotopic (exact) mass is 190 g/mol. The van der Waals surface area contributed by atoms with E-state index in [0.717, 1.165) is 0 Å². The van der Waals surface area contributed by atoms with Gasteiger partial charge in [0.1, 0.15) is 0 Å². The maximum Gasteiger partial charge on any atom is 0.449 e. The van der Waals surface area contributed by atoms with E-state index in [1.54, 1.807) is 0 Å². The van der Waals surface area contributed by atoms with E-state index in [0.29, 0.717) is 0 Å². The van der Waals surface area contributed by atoms with Gasteiger partial charge in [0.05, 0.1) is 0 Å². The van der Waals surface area contributed by atoms with Gasteiger partial charge in [0.15, 0.2) is 0 Å². The van der Waals surface area contributed by atoms with Crippen LogP contribution < -0.4 is 4.34 Å². The molecule has 0 rings (SSSR count). The van der Waals surface area contributed by atoms with Crippen molar-refractivity contribution in [2.45, 2.75) is 6.18 Å². The number of hydrogen-bond acceptors (Lipinski definition) is 1. The SMILES string of the molecule is N=C(NBr)C(F)(F)F. The molecule has 8 heavy (non-hydrogen) atoms. The zero-order chi connectivity index (χ0) is 6.78. The average molecular weight is 191 g/mol. The topological polar surface area (TPSA) is 35.9 Å². The Labute approximate surface area is 51.9 Å². The van der Waals surface area contributed by atoms with E-state index < -0.39 is 12.0 Å². The maximum absolute atomic E-state index is 11.1. The highest BCUT2D eigenvalue weighted by Gasteiger charge is 2.33. The van der Waals surface area contributed by atoms with Crippen LogP contribution in [0.4, 0.5) is 13.2 Å². The van der Waals surface area contributed by atoms with Crippen molar-refractivity contribution in [3.63, 3.8) is 0 Å². The summed E-state index contributed by atoms with van der Waals surface area (Å²) in [7, 11) is 0. The highest BCUT2D eigenvalue weighted by Crippen LogP contribution is 2.14. The van der Waals surface area contributed by atoms with Crippen LogP contribution in [0, 0.1) is 5.41 Å². The second-order valence-corrected chi connectivity index (χ2v) is 1.36. The lowest BCUT2D eigenvalue weighted by atomic mass is 10.6. The van der Waals surface area contributed by atoms with Gasteiger partial charge in [0.2, 0.25) is 5.84 Å². The van der Waals surface area contributed by atoms with Crippen LogP contribution in [0.25, 0.3) is 0 Å². The number of alkyl halides is 3. The Kier molecular flexibility index (Phi) is 2.26. The molecule has 0 aromatic carbocycles. The van der Waals surface area contributed by atoms with Crippen molar-refractivity contribution in [3.8, 4) is 0 Å². The summed E-state index contributed by atoms with van der Waals surface area (Å²) in [6.45, 7) is 0. The standard InChI is InChI=1S/C2H2BrF3N2/c3-8-1(7)2(4,5)6/h(H2,7,8). The second kappa shape index (κ2) is 2.34. The number of rotatable bonds is 0. The Morgan fingerprint density at radius 1 is 1.50 bits per heavy atom. The summed E-state index contributed by atoms with van der Waals surface area (Å²) in [4.78, 5) is 0. The number of amidine groups is 1. The molecule has 0 aliphatic rings. The summed E-state index contributed by atoms with van der Waals surface area (Å²) in [5.74, 6) is -1.50. The van der Waals surface area contributed by atoms with Crippen LogP contribution in [0.2, 0.25) is 0 Å². The first-order valence-electron chi connectivity index (χ1n) is 1.51.